The average molecular weight is 306 g/mol. The summed E-state index contributed by atoms with van der Waals surface area (Å²) in [6, 6.07) is 8.16. The van der Waals surface area contributed by atoms with Crippen LogP contribution in [0.5, 0.6) is 0 Å². The first kappa shape index (κ1) is 14.5. The van der Waals surface area contributed by atoms with Crippen LogP contribution in [0.25, 0.3) is 0 Å². The van der Waals surface area contributed by atoms with Gasteiger partial charge in [-0.2, -0.15) is 18.8 Å². The van der Waals surface area contributed by atoms with Gasteiger partial charge in [-0.15, -0.1) is 0 Å². The molecule has 1 heterocycles. The zero-order valence-corrected chi connectivity index (χ0v) is 11.4. The largest absolute Gasteiger partial charge is 0.478 e. The summed E-state index contributed by atoms with van der Waals surface area (Å²) in [7, 11) is -4.08. The summed E-state index contributed by atoms with van der Waals surface area (Å²) in [5, 5.41) is 22.5. The number of carboxylic acid groups (broad SMARTS) is 1. The molecule has 0 bridgehead atoms. The summed E-state index contributed by atoms with van der Waals surface area (Å²) in [6.45, 7) is 0. The first-order valence-corrected chi connectivity index (χ1v) is 7.18. The van der Waals surface area contributed by atoms with Crippen LogP contribution in [0.3, 0.4) is 0 Å². The number of rotatable bonds is 5. The lowest BCUT2D eigenvalue weighted by atomic mass is 10.1. The third kappa shape index (κ3) is 3.18. The fourth-order valence-electron chi connectivity index (χ4n) is 1.62. The number of sulfonamides is 1. The standard InChI is InChI=1S/C12H10N4O4S/c13-6-5-8-1-3-9(4-2-8)16-21(19,20)11-10(12(17)18)7-14-15-11/h1-4,7,16H,5H2,(H,14,15)(H,17,18). The number of hydrogen-bond donors (Lipinski definition) is 3. The molecule has 2 rings (SSSR count). The molecule has 0 unspecified atom stereocenters. The van der Waals surface area contributed by atoms with Gasteiger partial charge in [0.25, 0.3) is 10.0 Å². The molecule has 0 spiro atoms. The van der Waals surface area contributed by atoms with Crippen LogP contribution in [0.4, 0.5) is 5.69 Å². The highest BCUT2D eigenvalue weighted by Crippen LogP contribution is 2.18. The molecule has 108 valence electrons. The number of carbonyl (C=O) groups is 1. The van der Waals surface area contributed by atoms with Gasteiger partial charge in [0.2, 0.25) is 0 Å². The minimum absolute atomic E-state index is 0.219. The Morgan fingerprint density at radius 2 is 2.05 bits per heavy atom. The molecule has 0 aliphatic carbocycles. The molecule has 3 N–H and O–H groups in total. The first-order valence-electron chi connectivity index (χ1n) is 5.69. The van der Waals surface area contributed by atoms with E-state index >= 15 is 0 Å². The monoisotopic (exact) mass is 306 g/mol. The molecule has 0 fully saturated rings. The average Bonchev–Trinajstić information content (AvgIpc) is 2.91. The fraction of sp³-hybridized carbons (Fsp3) is 0.0833. The Balaban J connectivity index is 2.27. The van der Waals surface area contributed by atoms with Crippen LogP contribution in [0, 0.1) is 11.3 Å². The smallest absolute Gasteiger partial charge is 0.340 e. The van der Waals surface area contributed by atoms with Crippen molar-refractivity contribution in [3.8, 4) is 6.07 Å². The van der Waals surface area contributed by atoms with Crippen LogP contribution in [0.1, 0.15) is 15.9 Å². The zero-order chi connectivity index (χ0) is 15.5. The Hall–Kier alpha value is -2.86. The number of nitrogens with zero attached hydrogens (tertiary/aromatic N) is 2. The molecule has 0 atom stereocenters. The molecule has 0 aliphatic heterocycles. The number of benzene rings is 1. The summed E-state index contributed by atoms with van der Waals surface area (Å²) in [6.07, 6.45) is 1.14. The Bertz CT molecular complexity index is 803. The molecule has 0 radical (unpaired) electrons. The van der Waals surface area contributed by atoms with Gasteiger partial charge >= 0.3 is 5.97 Å². The molecule has 0 amide bonds. The third-order valence-electron chi connectivity index (χ3n) is 2.59. The lowest BCUT2D eigenvalue weighted by molar-refractivity contribution is 0.0692. The highest BCUT2D eigenvalue weighted by Gasteiger charge is 2.24. The molecule has 8 nitrogen and oxygen atoms in total. The van der Waals surface area contributed by atoms with Crippen molar-refractivity contribution in [2.45, 2.75) is 11.4 Å². The van der Waals surface area contributed by atoms with Crippen LogP contribution < -0.4 is 4.72 Å². The van der Waals surface area contributed by atoms with Crippen molar-refractivity contribution < 1.29 is 18.3 Å². The molecular formula is C12H10N4O4S. The molecule has 0 saturated carbocycles. The minimum Gasteiger partial charge on any atom is -0.478 e. The van der Waals surface area contributed by atoms with Gasteiger partial charge in [-0.3, -0.25) is 9.82 Å². The number of anilines is 1. The first-order chi connectivity index (χ1) is 9.94. The number of aromatic nitrogens is 2. The molecule has 9 heteroatoms. The van der Waals surface area contributed by atoms with Crippen LogP contribution in [-0.4, -0.2) is 29.7 Å². The quantitative estimate of drug-likeness (QED) is 0.753. The second-order valence-electron chi connectivity index (χ2n) is 4.06. The Kier molecular flexibility index (Phi) is 3.91. The van der Waals surface area contributed by atoms with Crippen molar-refractivity contribution in [2.75, 3.05) is 4.72 Å². The van der Waals surface area contributed by atoms with Gasteiger partial charge in [0, 0.05) is 5.69 Å². The molecule has 2 aromatic rings. The van der Waals surface area contributed by atoms with Gasteiger partial charge in [-0.25, -0.2) is 4.79 Å². The van der Waals surface area contributed by atoms with E-state index in [1.54, 1.807) is 12.1 Å². The second-order valence-corrected chi connectivity index (χ2v) is 5.67. The van der Waals surface area contributed by atoms with E-state index in [4.69, 9.17) is 10.4 Å². The van der Waals surface area contributed by atoms with Gasteiger partial charge < -0.3 is 5.11 Å². The number of nitrogens with one attached hydrogen (secondary N) is 2. The maximum absolute atomic E-state index is 12.1. The van der Waals surface area contributed by atoms with Crippen LogP contribution in [-0.2, 0) is 16.4 Å². The van der Waals surface area contributed by atoms with Crippen molar-refractivity contribution in [1.29, 1.82) is 5.26 Å². The maximum atomic E-state index is 12.1. The van der Waals surface area contributed by atoms with Crippen molar-refractivity contribution in [2.24, 2.45) is 0 Å². The van der Waals surface area contributed by atoms with Gasteiger partial charge in [-0.1, -0.05) is 12.1 Å². The Labute approximate surface area is 120 Å². The molecular weight excluding hydrogens is 296 g/mol. The SMILES string of the molecule is N#CCc1ccc(NS(=O)(=O)c2[nH]ncc2C(=O)O)cc1. The molecule has 1 aromatic carbocycles. The number of aromatic amines is 1. The van der Waals surface area contributed by atoms with Gasteiger partial charge in [0.05, 0.1) is 18.7 Å². The number of aromatic carboxylic acids is 1. The van der Waals surface area contributed by atoms with E-state index in [1.165, 1.54) is 12.1 Å². The Morgan fingerprint density at radius 3 is 2.62 bits per heavy atom. The predicted molar refractivity (Wildman–Crippen MR) is 72.1 cm³/mol. The minimum atomic E-state index is -4.08. The van der Waals surface area contributed by atoms with Crippen molar-refractivity contribution in [1.82, 2.24) is 10.2 Å². The van der Waals surface area contributed by atoms with Crippen molar-refractivity contribution in [3.05, 3.63) is 41.6 Å². The summed E-state index contributed by atoms with van der Waals surface area (Å²) in [5.74, 6) is -1.39. The lowest BCUT2D eigenvalue weighted by Gasteiger charge is -2.07. The normalized spacial score (nSPS) is 10.8. The predicted octanol–water partition coefficient (Wildman–Crippen LogP) is 0.975. The topological polar surface area (TPSA) is 136 Å². The maximum Gasteiger partial charge on any atom is 0.340 e. The van der Waals surface area contributed by atoms with E-state index in [0.717, 1.165) is 11.8 Å². The van der Waals surface area contributed by atoms with E-state index in [9.17, 15) is 13.2 Å². The number of H-pyrrole nitrogens is 1. The van der Waals surface area contributed by atoms with Gasteiger partial charge in [-0.05, 0) is 17.7 Å². The zero-order valence-electron chi connectivity index (χ0n) is 10.6. The highest BCUT2D eigenvalue weighted by atomic mass is 32.2. The molecule has 21 heavy (non-hydrogen) atoms. The summed E-state index contributed by atoms with van der Waals surface area (Å²) >= 11 is 0. The lowest BCUT2D eigenvalue weighted by Crippen LogP contribution is -2.16. The third-order valence-corrected chi connectivity index (χ3v) is 3.95. The number of nitriles is 1. The summed E-state index contributed by atoms with van der Waals surface area (Å²) in [4.78, 5) is 10.9. The molecule has 0 saturated heterocycles. The van der Waals surface area contributed by atoms with Crippen LogP contribution in [0.2, 0.25) is 0 Å². The number of hydrogen-bond acceptors (Lipinski definition) is 5. The molecule has 0 aliphatic rings. The van der Waals surface area contributed by atoms with E-state index < -0.39 is 26.6 Å². The second kappa shape index (κ2) is 5.64. The van der Waals surface area contributed by atoms with Crippen molar-refractivity contribution >= 4 is 21.7 Å². The van der Waals surface area contributed by atoms with Gasteiger partial charge in [0.15, 0.2) is 5.03 Å². The van der Waals surface area contributed by atoms with Crippen LogP contribution >= 0.6 is 0 Å². The van der Waals surface area contributed by atoms with Crippen molar-refractivity contribution in [3.63, 3.8) is 0 Å². The highest BCUT2D eigenvalue weighted by molar-refractivity contribution is 7.92. The number of carboxylic acids is 1. The van der Waals surface area contributed by atoms with E-state index in [1.807, 2.05) is 6.07 Å². The molecule has 1 aromatic heterocycles. The summed E-state index contributed by atoms with van der Waals surface area (Å²) in [5.41, 5.74) is 0.555. The van der Waals surface area contributed by atoms with E-state index in [-0.39, 0.29) is 12.1 Å². The van der Waals surface area contributed by atoms with Crippen LogP contribution in [0.15, 0.2) is 35.5 Å². The summed E-state index contributed by atoms with van der Waals surface area (Å²) < 4.78 is 26.4. The fourth-order valence-corrected chi connectivity index (χ4v) is 2.77. The van der Waals surface area contributed by atoms with E-state index in [0.29, 0.717) is 0 Å². The van der Waals surface area contributed by atoms with Gasteiger partial charge in [0.1, 0.15) is 5.56 Å². The Morgan fingerprint density at radius 1 is 1.38 bits per heavy atom. The van der Waals surface area contributed by atoms with E-state index in [2.05, 4.69) is 14.9 Å².